The molecule has 0 radical (unpaired) electrons. The first-order valence-corrected chi connectivity index (χ1v) is 3.99. The van der Waals surface area contributed by atoms with Gasteiger partial charge in [0.15, 0.2) is 11.6 Å². The van der Waals surface area contributed by atoms with Crippen LogP contribution in [0, 0.1) is 11.6 Å². The van der Waals surface area contributed by atoms with E-state index in [0.29, 0.717) is 6.42 Å². The van der Waals surface area contributed by atoms with E-state index < -0.39 is 17.7 Å². The normalized spacial score (nSPS) is 20.7. The lowest BCUT2D eigenvalue weighted by atomic mass is 10.0. The first-order valence-electron chi connectivity index (χ1n) is 3.99. The van der Waals surface area contributed by atoms with Crippen LogP contribution in [0.25, 0.3) is 0 Å². The highest BCUT2D eigenvalue weighted by Gasteiger charge is 2.25. The van der Waals surface area contributed by atoms with Crippen molar-refractivity contribution in [2.45, 2.75) is 12.5 Å². The third-order valence-electron chi connectivity index (χ3n) is 2.07. The summed E-state index contributed by atoms with van der Waals surface area (Å²) >= 11 is 0. The monoisotopic (exact) mass is 186 g/mol. The lowest BCUT2D eigenvalue weighted by Gasteiger charge is -2.22. The molecule has 0 bridgehead atoms. The number of hydrogen-bond acceptors (Lipinski definition) is 2. The van der Waals surface area contributed by atoms with Crippen molar-refractivity contribution in [2.24, 2.45) is 0 Å². The first kappa shape index (κ1) is 8.44. The van der Waals surface area contributed by atoms with Gasteiger partial charge in [-0.15, -0.1) is 0 Å². The quantitative estimate of drug-likeness (QED) is 0.669. The number of aliphatic hydroxyl groups is 1. The van der Waals surface area contributed by atoms with Crippen LogP contribution in [-0.2, 0) is 0 Å². The van der Waals surface area contributed by atoms with Crippen LogP contribution in [0.1, 0.15) is 18.1 Å². The Morgan fingerprint density at radius 3 is 2.69 bits per heavy atom. The molecule has 1 N–H and O–H groups in total. The van der Waals surface area contributed by atoms with E-state index in [1.165, 1.54) is 0 Å². The van der Waals surface area contributed by atoms with Crippen LogP contribution < -0.4 is 4.74 Å². The summed E-state index contributed by atoms with van der Waals surface area (Å²) < 4.78 is 31.0. The van der Waals surface area contributed by atoms with Gasteiger partial charge in [-0.3, -0.25) is 0 Å². The van der Waals surface area contributed by atoms with Crippen LogP contribution in [0.15, 0.2) is 12.1 Å². The average Bonchev–Trinajstić information content (AvgIpc) is 2.12. The number of ether oxygens (including phenoxy) is 1. The van der Waals surface area contributed by atoms with Crippen LogP contribution in [-0.4, -0.2) is 11.7 Å². The highest BCUT2D eigenvalue weighted by molar-refractivity contribution is 5.39. The maximum atomic E-state index is 13.1. The van der Waals surface area contributed by atoms with Crippen LogP contribution >= 0.6 is 0 Å². The number of halogens is 2. The first-order chi connectivity index (χ1) is 6.20. The Morgan fingerprint density at radius 1 is 1.31 bits per heavy atom. The zero-order valence-electron chi connectivity index (χ0n) is 6.76. The van der Waals surface area contributed by atoms with Crippen molar-refractivity contribution in [1.82, 2.24) is 0 Å². The van der Waals surface area contributed by atoms with Crippen LogP contribution in [0.2, 0.25) is 0 Å². The summed E-state index contributed by atoms with van der Waals surface area (Å²) in [5, 5.41) is 9.38. The van der Waals surface area contributed by atoms with Crippen LogP contribution in [0.5, 0.6) is 5.75 Å². The molecule has 4 heteroatoms. The molecule has 0 fully saturated rings. The SMILES string of the molecule is O[C@@H]1CCOc2c(F)ccc(F)c21. The Morgan fingerprint density at radius 2 is 2.00 bits per heavy atom. The molecule has 1 aliphatic rings. The van der Waals surface area contributed by atoms with E-state index in [9.17, 15) is 13.9 Å². The Bertz CT molecular complexity index is 339. The molecule has 1 aromatic rings. The minimum absolute atomic E-state index is 0.0637. The van der Waals surface area contributed by atoms with E-state index in [2.05, 4.69) is 0 Å². The van der Waals surface area contributed by atoms with E-state index >= 15 is 0 Å². The molecular weight excluding hydrogens is 178 g/mol. The molecule has 13 heavy (non-hydrogen) atoms. The zero-order chi connectivity index (χ0) is 9.42. The molecule has 2 rings (SSSR count). The number of fused-ring (bicyclic) bond motifs is 1. The molecular formula is C9H8F2O2. The van der Waals surface area contributed by atoms with Gasteiger partial charge in [0.25, 0.3) is 0 Å². The van der Waals surface area contributed by atoms with Crippen LogP contribution in [0.4, 0.5) is 8.78 Å². The van der Waals surface area contributed by atoms with Crippen molar-refractivity contribution in [3.8, 4) is 5.75 Å². The molecule has 0 aliphatic carbocycles. The van der Waals surface area contributed by atoms with Gasteiger partial charge < -0.3 is 9.84 Å². The van der Waals surface area contributed by atoms with Crippen molar-refractivity contribution in [3.63, 3.8) is 0 Å². The number of hydrogen-bond donors (Lipinski definition) is 1. The van der Waals surface area contributed by atoms with E-state index in [4.69, 9.17) is 4.74 Å². The second-order valence-electron chi connectivity index (χ2n) is 2.92. The lowest BCUT2D eigenvalue weighted by molar-refractivity contribution is 0.107. The summed E-state index contributed by atoms with van der Waals surface area (Å²) in [5.41, 5.74) is -0.0637. The van der Waals surface area contributed by atoms with E-state index in [-0.39, 0.29) is 17.9 Å². The number of rotatable bonds is 0. The van der Waals surface area contributed by atoms with Gasteiger partial charge in [-0.1, -0.05) is 0 Å². The Labute approximate surface area is 73.8 Å². The van der Waals surface area contributed by atoms with Crippen LogP contribution in [0.3, 0.4) is 0 Å². The minimum Gasteiger partial charge on any atom is -0.490 e. The summed E-state index contributed by atoms with van der Waals surface area (Å²) in [6.07, 6.45) is -0.660. The number of benzene rings is 1. The molecule has 0 saturated heterocycles. The fourth-order valence-corrected chi connectivity index (χ4v) is 1.42. The molecule has 1 heterocycles. The molecule has 0 aromatic heterocycles. The molecule has 1 atom stereocenters. The van der Waals surface area contributed by atoms with E-state index in [1.54, 1.807) is 0 Å². The molecule has 0 spiro atoms. The highest BCUT2D eigenvalue weighted by atomic mass is 19.1. The predicted octanol–water partition coefficient (Wildman–Crippen LogP) is 1.78. The molecule has 0 amide bonds. The van der Waals surface area contributed by atoms with Gasteiger partial charge in [0.05, 0.1) is 18.3 Å². The molecule has 0 saturated carbocycles. The van der Waals surface area contributed by atoms with Gasteiger partial charge in [0.2, 0.25) is 0 Å². The summed E-state index contributed by atoms with van der Waals surface area (Å²) in [6, 6.07) is 1.98. The molecule has 0 unspecified atom stereocenters. The maximum absolute atomic E-state index is 13.1. The summed E-state index contributed by atoms with van der Waals surface area (Å²) in [5.74, 6) is -1.41. The maximum Gasteiger partial charge on any atom is 0.165 e. The van der Waals surface area contributed by atoms with Gasteiger partial charge in [0, 0.05) is 6.42 Å². The fraction of sp³-hybridized carbons (Fsp3) is 0.333. The predicted molar refractivity (Wildman–Crippen MR) is 41.4 cm³/mol. The molecule has 1 aliphatic heterocycles. The van der Waals surface area contributed by atoms with Crippen molar-refractivity contribution in [2.75, 3.05) is 6.61 Å². The molecule has 70 valence electrons. The third-order valence-corrected chi connectivity index (χ3v) is 2.07. The van der Waals surface area contributed by atoms with Gasteiger partial charge in [-0.25, -0.2) is 8.78 Å². The van der Waals surface area contributed by atoms with E-state index in [0.717, 1.165) is 12.1 Å². The van der Waals surface area contributed by atoms with Crippen molar-refractivity contribution in [3.05, 3.63) is 29.3 Å². The lowest BCUT2D eigenvalue weighted by Crippen LogP contribution is -2.16. The van der Waals surface area contributed by atoms with Gasteiger partial charge in [-0.05, 0) is 12.1 Å². The summed E-state index contributed by atoms with van der Waals surface area (Å²) in [7, 11) is 0. The molecule has 1 aromatic carbocycles. The van der Waals surface area contributed by atoms with Crippen molar-refractivity contribution in [1.29, 1.82) is 0 Å². The van der Waals surface area contributed by atoms with Crippen molar-refractivity contribution >= 4 is 0 Å². The number of aliphatic hydroxyl groups excluding tert-OH is 1. The zero-order valence-corrected chi connectivity index (χ0v) is 6.76. The van der Waals surface area contributed by atoms with Gasteiger partial charge in [-0.2, -0.15) is 0 Å². The van der Waals surface area contributed by atoms with Gasteiger partial charge in [0.1, 0.15) is 5.82 Å². The second kappa shape index (κ2) is 2.96. The minimum atomic E-state index is -0.959. The highest BCUT2D eigenvalue weighted by Crippen LogP contribution is 2.35. The van der Waals surface area contributed by atoms with E-state index in [1.807, 2.05) is 0 Å². The Kier molecular flexibility index (Phi) is 1.92. The molecule has 2 nitrogen and oxygen atoms in total. The second-order valence-corrected chi connectivity index (χ2v) is 2.92. The fourth-order valence-electron chi connectivity index (χ4n) is 1.42. The smallest absolute Gasteiger partial charge is 0.165 e. The Balaban J connectivity index is 2.60. The summed E-state index contributed by atoms with van der Waals surface area (Å²) in [6.45, 7) is 0.217. The average molecular weight is 186 g/mol. The topological polar surface area (TPSA) is 29.5 Å². The largest absolute Gasteiger partial charge is 0.490 e. The van der Waals surface area contributed by atoms with Gasteiger partial charge >= 0.3 is 0 Å². The Hall–Kier alpha value is -1.16. The standard InChI is InChI=1S/C9H8F2O2/c10-5-1-2-6(11)9-8(5)7(12)3-4-13-9/h1-2,7,12H,3-4H2/t7-/m1/s1. The third kappa shape index (κ3) is 1.27. The summed E-state index contributed by atoms with van der Waals surface area (Å²) in [4.78, 5) is 0. The van der Waals surface area contributed by atoms with Crippen molar-refractivity contribution < 1.29 is 18.6 Å².